The van der Waals surface area contributed by atoms with Gasteiger partial charge in [0.1, 0.15) is 5.82 Å². The van der Waals surface area contributed by atoms with Crippen LogP contribution in [0.3, 0.4) is 0 Å². The molecule has 6 heteroatoms. The number of carbonyl (C=O) groups excluding carboxylic acids is 2. The lowest BCUT2D eigenvalue weighted by molar-refractivity contribution is -0.117. The Morgan fingerprint density at radius 3 is 2.62 bits per heavy atom. The first-order valence-corrected chi connectivity index (χ1v) is 8.22. The summed E-state index contributed by atoms with van der Waals surface area (Å²) in [7, 11) is 0. The van der Waals surface area contributed by atoms with Gasteiger partial charge in [-0.05, 0) is 24.3 Å². The number of nitrogens with one attached hydrogen (secondary N) is 1. The zero-order chi connectivity index (χ0) is 18.5. The van der Waals surface area contributed by atoms with E-state index in [2.05, 4.69) is 10.3 Å². The summed E-state index contributed by atoms with van der Waals surface area (Å²) in [5.41, 5.74) is 1.47. The summed E-state index contributed by atoms with van der Waals surface area (Å²) in [6.45, 7) is 1.61. The van der Waals surface area contributed by atoms with Crippen molar-refractivity contribution < 1.29 is 14.0 Å². The van der Waals surface area contributed by atoms with Crippen LogP contribution < -0.4 is 10.2 Å². The minimum atomic E-state index is -0.498. The number of aromatic nitrogens is 1. The van der Waals surface area contributed by atoms with Gasteiger partial charge in [-0.3, -0.25) is 14.6 Å². The lowest BCUT2D eigenvalue weighted by atomic mass is 10.1. The van der Waals surface area contributed by atoms with Crippen molar-refractivity contribution in [2.75, 3.05) is 16.8 Å². The van der Waals surface area contributed by atoms with E-state index in [1.54, 1.807) is 24.4 Å². The van der Waals surface area contributed by atoms with Crippen molar-refractivity contribution in [1.29, 1.82) is 0 Å². The first-order chi connectivity index (χ1) is 12.6. The molecule has 1 heterocycles. The fourth-order valence-corrected chi connectivity index (χ4v) is 2.74. The average molecular weight is 351 g/mol. The van der Waals surface area contributed by atoms with Gasteiger partial charge >= 0.3 is 0 Å². The topological polar surface area (TPSA) is 62.3 Å². The van der Waals surface area contributed by atoms with E-state index in [4.69, 9.17) is 0 Å². The van der Waals surface area contributed by atoms with Crippen molar-refractivity contribution in [2.45, 2.75) is 13.3 Å². The van der Waals surface area contributed by atoms with Crippen molar-refractivity contribution in [3.05, 3.63) is 66.6 Å². The van der Waals surface area contributed by atoms with Gasteiger partial charge < -0.3 is 10.2 Å². The van der Waals surface area contributed by atoms with Gasteiger partial charge in [-0.1, -0.05) is 30.3 Å². The predicted molar refractivity (Wildman–Crippen MR) is 99.4 cm³/mol. The van der Waals surface area contributed by atoms with Gasteiger partial charge in [-0.25, -0.2) is 4.39 Å². The Morgan fingerprint density at radius 2 is 1.85 bits per heavy atom. The third-order valence-electron chi connectivity index (χ3n) is 3.99. The highest BCUT2D eigenvalue weighted by Crippen LogP contribution is 2.25. The minimum absolute atomic E-state index is 0.0388. The Bertz CT molecular complexity index is 953. The summed E-state index contributed by atoms with van der Waals surface area (Å²) < 4.78 is 13.6. The van der Waals surface area contributed by atoms with Crippen LogP contribution in [-0.4, -0.2) is 23.3 Å². The van der Waals surface area contributed by atoms with Gasteiger partial charge in [-0.2, -0.15) is 0 Å². The first kappa shape index (κ1) is 17.5. The van der Waals surface area contributed by atoms with E-state index < -0.39 is 5.82 Å². The molecule has 0 radical (unpaired) electrons. The number of halogens is 1. The lowest BCUT2D eigenvalue weighted by Gasteiger charge is -2.22. The molecule has 1 aromatic heterocycles. The second kappa shape index (κ2) is 7.74. The average Bonchev–Trinajstić information content (AvgIpc) is 2.64. The summed E-state index contributed by atoms with van der Waals surface area (Å²) in [6.07, 6.45) is 1.70. The van der Waals surface area contributed by atoms with E-state index in [9.17, 15) is 14.0 Å². The molecular weight excluding hydrogens is 333 g/mol. The molecule has 0 spiro atoms. The number of carbonyl (C=O) groups is 2. The summed E-state index contributed by atoms with van der Waals surface area (Å²) in [4.78, 5) is 30.1. The van der Waals surface area contributed by atoms with Crippen molar-refractivity contribution in [3.63, 3.8) is 0 Å². The molecule has 0 saturated carbocycles. The maximum Gasteiger partial charge on any atom is 0.226 e. The second-order valence-corrected chi connectivity index (χ2v) is 5.80. The molecule has 0 atom stereocenters. The van der Waals surface area contributed by atoms with Crippen LogP contribution in [0.4, 0.5) is 15.8 Å². The number of hydrogen-bond donors (Lipinski definition) is 1. The van der Waals surface area contributed by atoms with Crippen molar-refractivity contribution >= 4 is 34.1 Å². The predicted octanol–water partition coefficient (Wildman–Crippen LogP) is 3.76. The Labute approximate surface area is 150 Å². The van der Waals surface area contributed by atoms with Crippen LogP contribution in [-0.2, 0) is 9.59 Å². The molecule has 0 bridgehead atoms. The van der Waals surface area contributed by atoms with Crippen LogP contribution in [0.25, 0.3) is 10.9 Å². The van der Waals surface area contributed by atoms with E-state index in [1.807, 2.05) is 24.3 Å². The Morgan fingerprint density at radius 1 is 1.08 bits per heavy atom. The normalized spacial score (nSPS) is 10.5. The standard InChI is InChI=1S/C20H18FN3O2/c1-14(25)24(18-10-4-6-15-7-5-12-22-20(15)18)13-11-19(26)23-17-9-3-2-8-16(17)21/h2-10,12H,11,13H2,1H3,(H,23,26). The summed E-state index contributed by atoms with van der Waals surface area (Å²) in [6, 6.07) is 15.2. The largest absolute Gasteiger partial charge is 0.324 e. The molecule has 0 aliphatic carbocycles. The monoisotopic (exact) mass is 351 g/mol. The number of anilines is 2. The van der Waals surface area contributed by atoms with E-state index in [0.29, 0.717) is 11.2 Å². The minimum Gasteiger partial charge on any atom is -0.324 e. The van der Waals surface area contributed by atoms with Crippen molar-refractivity contribution in [2.24, 2.45) is 0 Å². The Kier molecular flexibility index (Phi) is 5.22. The number of rotatable bonds is 5. The maximum atomic E-state index is 13.6. The molecule has 5 nitrogen and oxygen atoms in total. The van der Waals surface area contributed by atoms with Crippen molar-refractivity contribution in [3.8, 4) is 0 Å². The van der Waals surface area contributed by atoms with Crippen LogP contribution in [0, 0.1) is 5.82 Å². The van der Waals surface area contributed by atoms with E-state index in [1.165, 1.54) is 24.0 Å². The highest BCUT2D eigenvalue weighted by molar-refractivity contribution is 6.01. The number of hydrogen-bond acceptors (Lipinski definition) is 3. The zero-order valence-electron chi connectivity index (χ0n) is 14.3. The van der Waals surface area contributed by atoms with Gasteiger partial charge in [0.05, 0.1) is 16.9 Å². The van der Waals surface area contributed by atoms with Crippen molar-refractivity contribution in [1.82, 2.24) is 4.98 Å². The molecule has 1 N–H and O–H groups in total. The molecule has 0 aliphatic heterocycles. The van der Waals surface area contributed by atoms with Gasteiger partial charge in [0, 0.05) is 31.5 Å². The molecule has 2 amide bonds. The quantitative estimate of drug-likeness (QED) is 0.761. The fourth-order valence-electron chi connectivity index (χ4n) is 2.74. The highest BCUT2D eigenvalue weighted by Gasteiger charge is 2.17. The molecule has 0 aliphatic rings. The SMILES string of the molecule is CC(=O)N(CCC(=O)Nc1ccccc1F)c1cccc2cccnc12. The van der Waals surface area contributed by atoms with Gasteiger partial charge in [0.25, 0.3) is 0 Å². The molecule has 3 aromatic rings. The fraction of sp³-hybridized carbons (Fsp3) is 0.150. The third kappa shape index (κ3) is 3.85. The van der Waals surface area contributed by atoms with Crippen LogP contribution in [0.2, 0.25) is 0 Å². The lowest BCUT2D eigenvalue weighted by Crippen LogP contribution is -2.32. The second-order valence-electron chi connectivity index (χ2n) is 5.80. The number of pyridine rings is 1. The maximum absolute atomic E-state index is 13.6. The Hall–Kier alpha value is -3.28. The van der Waals surface area contributed by atoms with Gasteiger partial charge in [0.15, 0.2) is 0 Å². The molecule has 0 saturated heterocycles. The number of fused-ring (bicyclic) bond motifs is 1. The Balaban J connectivity index is 1.76. The zero-order valence-corrected chi connectivity index (χ0v) is 14.3. The highest BCUT2D eigenvalue weighted by atomic mass is 19.1. The number of nitrogens with zero attached hydrogens (tertiary/aromatic N) is 2. The van der Waals surface area contributed by atoms with Crippen LogP contribution >= 0.6 is 0 Å². The molecular formula is C20H18FN3O2. The number of para-hydroxylation sites is 2. The van der Waals surface area contributed by atoms with E-state index in [-0.39, 0.29) is 30.5 Å². The molecule has 2 aromatic carbocycles. The van der Waals surface area contributed by atoms with Crippen LogP contribution in [0.15, 0.2) is 60.8 Å². The van der Waals surface area contributed by atoms with E-state index in [0.717, 1.165) is 5.39 Å². The summed E-state index contributed by atoms with van der Waals surface area (Å²) in [5, 5.41) is 3.43. The number of amides is 2. The molecule has 0 unspecified atom stereocenters. The molecule has 0 fully saturated rings. The first-order valence-electron chi connectivity index (χ1n) is 8.22. The third-order valence-corrected chi connectivity index (χ3v) is 3.99. The number of benzene rings is 2. The van der Waals surface area contributed by atoms with Crippen LogP contribution in [0.1, 0.15) is 13.3 Å². The molecule has 132 valence electrons. The molecule has 26 heavy (non-hydrogen) atoms. The van der Waals surface area contributed by atoms with Gasteiger partial charge in [0.2, 0.25) is 11.8 Å². The van der Waals surface area contributed by atoms with Gasteiger partial charge in [-0.15, -0.1) is 0 Å². The summed E-state index contributed by atoms with van der Waals surface area (Å²) in [5.74, 6) is -1.06. The van der Waals surface area contributed by atoms with Crippen LogP contribution in [0.5, 0.6) is 0 Å². The molecule has 3 rings (SSSR count). The smallest absolute Gasteiger partial charge is 0.226 e. The summed E-state index contributed by atoms with van der Waals surface area (Å²) >= 11 is 0. The van der Waals surface area contributed by atoms with E-state index >= 15 is 0 Å².